The fraction of sp³-hybridized carbons (Fsp3) is 0.810. The van der Waals surface area contributed by atoms with Crippen LogP contribution in [0.2, 0.25) is 0 Å². The van der Waals surface area contributed by atoms with E-state index in [4.69, 9.17) is 23.3 Å². The maximum Gasteiger partial charge on any atom is 0.472 e. The third-order valence-corrected chi connectivity index (χ3v) is 13.2. The summed E-state index contributed by atoms with van der Waals surface area (Å²) in [6, 6.07) is 0. The first-order chi connectivity index (χ1) is 34.2. The van der Waals surface area contributed by atoms with Gasteiger partial charge in [0.05, 0.1) is 19.8 Å². The number of aliphatic hydroxyl groups excluding tert-OH is 1. The van der Waals surface area contributed by atoms with Crippen molar-refractivity contribution >= 4 is 25.7 Å². The average Bonchev–Trinajstić information content (AvgIpc) is 3.35. The normalized spacial score (nSPS) is 13.7. The van der Waals surface area contributed by atoms with E-state index in [9.17, 15) is 28.9 Å². The predicted octanol–water partition coefficient (Wildman–Crippen LogP) is 16.6. The van der Waals surface area contributed by atoms with Crippen LogP contribution in [0.3, 0.4) is 0 Å². The van der Waals surface area contributed by atoms with Crippen LogP contribution in [-0.4, -0.2) is 66.5 Å². The Labute approximate surface area is 428 Å². The number of aliphatic hydroxyl groups is 1. The molecule has 0 amide bonds. The van der Waals surface area contributed by atoms with Gasteiger partial charge in [-0.15, -0.1) is 0 Å². The number of allylic oxidation sites excluding steroid dienone is 8. The second kappa shape index (κ2) is 52.8. The highest BCUT2D eigenvalue weighted by Crippen LogP contribution is 2.43. The zero-order chi connectivity index (χ0) is 51.3. The molecule has 0 bridgehead atoms. The number of rotatable bonds is 53. The van der Waals surface area contributed by atoms with E-state index in [0.29, 0.717) is 19.3 Å². The van der Waals surface area contributed by atoms with Gasteiger partial charge in [-0.1, -0.05) is 217 Å². The number of unbranched alkanes of at least 4 members (excludes halogenated alkanes) is 28. The number of phosphoric acid groups is 1. The fourth-order valence-corrected chi connectivity index (χ4v) is 8.68. The number of carbonyl (C=O) groups is 3. The first-order valence-electron chi connectivity index (χ1n) is 28.5. The highest BCUT2D eigenvalue weighted by atomic mass is 31.2. The van der Waals surface area contributed by atoms with Crippen LogP contribution in [0.25, 0.3) is 0 Å². The molecule has 11 nitrogen and oxygen atoms in total. The minimum atomic E-state index is -4.74. The van der Waals surface area contributed by atoms with Crippen LogP contribution in [0.1, 0.15) is 265 Å². The first-order valence-corrected chi connectivity index (χ1v) is 30.0. The molecule has 3 atom stereocenters. The van der Waals surface area contributed by atoms with E-state index in [1.165, 1.54) is 116 Å². The number of hydrogen-bond acceptors (Lipinski definition) is 10. The smallest absolute Gasteiger partial charge is 0.462 e. The number of ether oxygens (including phenoxy) is 3. The second-order valence-corrected chi connectivity index (χ2v) is 20.5. The van der Waals surface area contributed by atoms with Crippen molar-refractivity contribution in [2.45, 2.75) is 277 Å². The van der Waals surface area contributed by atoms with Gasteiger partial charge in [0.15, 0.2) is 6.10 Å². The molecule has 0 fully saturated rings. The lowest BCUT2D eigenvalue weighted by Gasteiger charge is -2.21. The molecular weight excluding hydrogens is 904 g/mol. The van der Waals surface area contributed by atoms with Crippen LogP contribution in [0.5, 0.6) is 0 Å². The topological polar surface area (TPSA) is 155 Å². The zero-order valence-electron chi connectivity index (χ0n) is 45.0. The molecule has 0 saturated carbocycles. The third kappa shape index (κ3) is 50.4. The zero-order valence-corrected chi connectivity index (χ0v) is 45.9. The Kier molecular flexibility index (Phi) is 50.8. The molecule has 0 aliphatic heterocycles. The lowest BCUT2D eigenvalue weighted by Crippen LogP contribution is -2.30. The van der Waals surface area contributed by atoms with Gasteiger partial charge < -0.3 is 24.2 Å². The Morgan fingerprint density at radius 1 is 0.414 bits per heavy atom. The van der Waals surface area contributed by atoms with E-state index in [2.05, 4.69) is 69.4 Å². The molecule has 0 aromatic rings. The third-order valence-electron chi connectivity index (χ3n) is 12.2. The molecular formula is C58H105O11P. The maximum atomic E-state index is 12.9. The van der Waals surface area contributed by atoms with Crippen LogP contribution in [0.4, 0.5) is 0 Å². The molecule has 3 unspecified atom stereocenters. The highest BCUT2D eigenvalue weighted by molar-refractivity contribution is 7.47. The monoisotopic (exact) mass is 1010 g/mol. The molecule has 70 heavy (non-hydrogen) atoms. The summed E-state index contributed by atoms with van der Waals surface area (Å²) in [6.45, 7) is 4.50. The van der Waals surface area contributed by atoms with Gasteiger partial charge in [0.2, 0.25) is 0 Å². The Morgan fingerprint density at radius 2 is 0.743 bits per heavy atom. The average molecular weight is 1010 g/mol. The maximum absolute atomic E-state index is 12.9. The summed E-state index contributed by atoms with van der Waals surface area (Å²) >= 11 is 0. The quantitative estimate of drug-likeness (QED) is 0.0197. The largest absolute Gasteiger partial charge is 0.472 e. The van der Waals surface area contributed by atoms with Crippen LogP contribution < -0.4 is 0 Å². The van der Waals surface area contributed by atoms with Crippen LogP contribution in [-0.2, 0) is 42.2 Å². The summed E-state index contributed by atoms with van der Waals surface area (Å²) in [5.41, 5.74) is 0. The molecule has 0 aromatic carbocycles. The van der Waals surface area contributed by atoms with Crippen molar-refractivity contribution in [3.05, 3.63) is 48.6 Å². The van der Waals surface area contributed by atoms with E-state index >= 15 is 0 Å². The second-order valence-electron chi connectivity index (χ2n) is 19.1. The predicted molar refractivity (Wildman–Crippen MR) is 289 cm³/mol. The molecule has 0 radical (unpaired) electrons. The van der Waals surface area contributed by atoms with Crippen LogP contribution in [0.15, 0.2) is 48.6 Å². The van der Waals surface area contributed by atoms with Crippen molar-refractivity contribution in [3.63, 3.8) is 0 Å². The highest BCUT2D eigenvalue weighted by Gasteiger charge is 2.28. The van der Waals surface area contributed by atoms with Crippen molar-refractivity contribution in [1.29, 1.82) is 0 Å². The van der Waals surface area contributed by atoms with E-state index in [0.717, 1.165) is 89.9 Å². The standard InChI is InChI=1S/C58H105O11P/c1-4-7-10-13-16-19-21-23-25-26-27-28-30-31-33-36-38-41-44-47-56(60)65-51-55(69-58(62)49-46-43-40-37-34-32-29-24-22-20-17-14-11-8-5-2)53-67-70(63,64)66-52-54(50-59)68-57(61)48-45-42-39-35-18-15-12-9-6-3/h8,11,17,20,23-25,29,54-55,59H,4-7,9-10,12-16,18-19,21-22,26-28,30-53H2,1-3H3,(H,63,64)/b11-8-,20-17-,25-23-,29-24-. The molecule has 12 heteroatoms. The summed E-state index contributed by atoms with van der Waals surface area (Å²) in [6.07, 6.45) is 55.1. The van der Waals surface area contributed by atoms with Gasteiger partial charge >= 0.3 is 25.7 Å². The number of esters is 3. The fourth-order valence-electron chi connectivity index (χ4n) is 7.90. The van der Waals surface area contributed by atoms with Crippen LogP contribution in [0, 0.1) is 0 Å². The Hall–Kier alpha value is -2.56. The Morgan fingerprint density at radius 3 is 1.16 bits per heavy atom. The van der Waals surface area contributed by atoms with E-state index in [1.807, 2.05) is 0 Å². The number of phosphoric ester groups is 1. The van der Waals surface area contributed by atoms with Crippen molar-refractivity contribution in [2.75, 3.05) is 26.4 Å². The Bertz CT molecular complexity index is 1360. The van der Waals surface area contributed by atoms with Gasteiger partial charge in [-0.2, -0.15) is 0 Å². The molecule has 0 spiro atoms. The van der Waals surface area contributed by atoms with Gasteiger partial charge in [-0.3, -0.25) is 23.4 Å². The van der Waals surface area contributed by atoms with Crippen molar-refractivity contribution in [3.8, 4) is 0 Å². The van der Waals surface area contributed by atoms with Gasteiger partial charge in [0, 0.05) is 19.3 Å². The minimum Gasteiger partial charge on any atom is -0.462 e. The van der Waals surface area contributed by atoms with Gasteiger partial charge in [0.25, 0.3) is 0 Å². The van der Waals surface area contributed by atoms with Gasteiger partial charge in [-0.25, -0.2) is 4.57 Å². The summed E-state index contributed by atoms with van der Waals surface area (Å²) < 4.78 is 39.4. The summed E-state index contributed by atoms with van der Waals surface area (Å²) in [7, 11) is -4.74. The molecule has 2 N–H and O–H groups in total. The molecule has 0 aliphatic rings. The van der Waals surface area contributed by atoms with Gasteiger partial charge in [0.1, 0.15) is 12.7 Å². The summed E-state index contributed by atoms with van der Waals surface area (Å²) in [5.74, 6) is -1.48. The lowest BCUT2D eigenvalue weighted by molar-refractivity contribution is -0.161. The Balaban J connectivity index is 4.70. The first kappa shape index (κ1) is 67.4. The molecule has 0 aromatic heterocycles. The summed E-state index contributed by atoms with van der Waals surface area (Å²) in [4.78, 5) is 48.4. The molecule has 0 rings (SSSR count). The lowest BCUT2D eigenvalue weighted by atomic mass is 10.1. The summed E-state index contributed by atoms with van der Waals surface area (Å²) in [5, 5.41) is 9.76. The van der Waals surface area contributed by atoms with Crippen LogP contribution >= 0.6 is 7.82 Å². The molecule has 408 valence electrons. The van der Waals surface area contributed by atoms with E-state index in [1.54, 1.807) is 0 Å². The SMILES string of the molecule is CC/C=C\C/C=C\C/C=C\CCCCCCCC(=O)OC(COC(=O)CCCCCCCCCCC/C=C\CCCCCCCC)COP(=O)(O)OCC(CO)OC(=O)CCCCCCCCCCC. The van der Waals surface area contributed by atoms with E-state index in [-0.39, 0.29) is 25.9 Å². The van der Waals surface area contributed by atoms with Crippen molar-refractivity contribution < 1.29 is 52.2 Å². The van der Waals surface area contributed by atoms with Gasteiger partial charge in [-0.05, 0) is 77.0 Å². The number of hydrogen-bond donors (Lipinski definition) is 2. The van der Waals surface area contributed by atoms with E-state index < -0.39 is 57.8 Å². The molecule has 0 heterocycles. The van der Waals surface area contributed by atoms with Crippen molar-refractivity contribution in [1.82, 2.24) is 0 Å². The number of carbonyl (C=O) groups excluding carboxylic acids is 3. The minimum absolute atomic E-state index is 0.150. The van der Waals surface area contributed by atoms with Crippen molar-refractivity contribution in [2.24, 2.45) is 0 Å². The molecule has 0 saturated heterocycles. The molecule has 0 aliphatic carbocycles.